The first-order valence-corrected chi connectivity index (χ1v) is 9.22. The van der Waals surface area contributed by atoms with Crippen LogP contribution in [0.25, 0.3) is 0 Å². The summed E-state index contributed by atoms with van der Waals surface area (Å²) in [6, 6.07) is 14.4. The highest BCUT2D eigenvalue weighted by Crippen LogP contribution is 2.57. The molecule has 4 rings (SSSR count). The average molecular weight is 347 g/mol. The molecule has 1 aliphatic carbocycles. The fraction of sp³-hybridized carbons (Fsp3) is 0.389. The monoisotopic (exact) mass is 346 g/mol. The summed E-state index contributed by atoms with van der Waals surface area (Å²) in [4.78, 5) is 15.1. The van der Waals surface area contributed by atoms with Crippen LogP contribution in [-0.4, -0.2) is 37.0 Å². The van der Waals surface area contributed by atoms with E-state index in [4.69, 9.17) is 11.6 Å². The molecule has 0 bridgehead atoms. The number of rotatable bonds is 5. The predicted molar refractivity (Wildman–Crippen MR) is 94.3 cm³/mol. The van der Waals surface area contributed by atoms with Crippen molar-refractivity contribution in [2.24, 2.45) is 11.8 Å². The number of nitrogens with zero attached hydrogens (tertiary/aromatic N) is 1. The Balaban J connectivity index is 1.21. The van der Waals surface area contributed by atoms with Crippen LogP contribution >= 0.6 is 22.9 Å². The molecule has 2 atom stereocenters. The van der Waals surface area contributed by atoms with Crippen molar-refractivity contribution < 1.29 is 4.79 Å². The summed E-state index contributed by atoms with van der Waals surface area (Å²) in [7, 11) is 0. The Morgan fingerprint density at radius 2 is 1.91 bits per heavy atom. The molecule has 120 valence electrons. The van der Waals surface area contributed by atoms with Gasteiger partial charge in [0.15, 0.2) is 0 Å². The molecule has 1 N–H and O–H groups in total. The van der Waals surface area contributed by atoms with Gasteiger partial charge >= 0.3 is 0 Å². The van der Waals surface area contributed by atoms with Crippen LogP contribution in [0.1, 0.15) is 21.2 Å². The summed E-state index contributed by atoms with van der Waals surface area (Å²) in [5.41, 5.74) is 1.49. The molecule has 1 amide bonds. The number of nitrogens with one attached hydrogen (secondary N) is 1. The number of piperidine rings is 1. The number of amides is 1. The topological polar surface area (TPSA) is 32.3 Å². The quantitative estimate of drug-likeness (QED) is 0.899. The number of hydrogen-bond donors (Lipinski definition) is 1. The van der Waals surface area contributed by atoms with Crippen molar-refractivity contribution in [2.45, 2.75) is 5.92 Å². The molecule has 23 heavy (non-hydrogen) atoms. The maximum atomic E-state index is 12.0. The second-order valence-electron chi connectivity index (χ2n) is 6.38. The second kappa shape index (κ2) is 6.27. The van der Waals surface area contributed by atoms with Gasteiger partial charge in [-0.3, -0.25) is 4.79 Å². The van der Waals surface area contributed by atoms with Crippen LogP contribution in [-0.2, 0) is 0 Å². The van der Waals surface area contributed by atoms with E-state index < -0.39 is 0 Å². The predicted octanol–water partition coefficient (Wildman–Crippen LogP) is 3.48. The van der Waals surface area contributed by atoms with Gasteiger partial charge in [0.25, 0.3) is 5.91 Å². The van der Waals surface area contributed by atoms with E-state index >= 15 is 0 Å². The normalized spacial score (nSPS) is 26.0. The number of likely N-dealkylation sites (tertiary alicyclic amines) is 1. The van der Waals surface area contributed by atoms with E-state index in [2.05, 4.69) is 40.5 Å². The van der Waals surface area contributed by atoms with Gasteiger partial charge in [-0.1, -0.05) is 41.9 Å². The summed E-state index contributed by atoms with van der Waals surface area (Å²) in [6.45, 7) is 3.94. The third-order valence-corrected chi connectivity index (χ3v) is 6.19. The maximum Gasteiger partial charge on any atom is 0.261 e. The fourth-order valence-corrected chi connectivity index (χ4v) is 4.78. The zero-order valence-electron chi connectivity index (χ0n) is 12.7. The Bertz CT molecular complexity index is 690. The molecule has 0 radical (unpaired) electrons. The van der Waals surface area contributed by atoms with E-state index in [1.165, 1.54) is 16.9 Å². The smallest absolute Gasteiger partial charge is 0.261 e. The highest BCUT2D eigenvalue weighted by molar-refractivity contribution is 7.17. The van der Waals surface area contributed by atoms with Crippen LogP contribution in [0.3, 0.4) is 0 Å². The maximum absolute atomic E-state index is 12.0. The molecule has 1 saturated carbocycles. The minimum absolute atomic E-state index is 0.0200. The van der Waals surface area contributed by atoms with Gasteiger partial charge in [0.05, 0.1) is 9.21 Å². The number of carbonyl (C=O) groups excluding carboxylic acids is 1. The van der Waals surface area contributed by atoms with Crippen molar-refractivity contribution in [3.05, 3.63) is 57.2 Å². The first-order valence-electron chi connectivity index (χ1n) is 8.03. The molecule has 5 heteroatoms. The lowest BCUT2D eigenvalue weighted by Crippen LogP contribution is -2.34. The first kappa shape index (κ1) is 15.2. The average Bonchev–Trinajstić information content (AvgIpc) is 2.89. The van der Waals surface area contributed by atoms with Crippen molar-refractivity contribution in [3.8, 4) is 0 Å². The van der Waals surface area contributed by atoms with Crippen molar-refractivity contribution in [1.29, 1.82) is 0 Å². The summed E-state index contributed by atoms with van der Waals surface area (Å²) >= 11 is 7.18. The zero-order chi connectivity index (χ0) is 15.8. The summed E-state index contributed by atoms with van der Waals surface area (Å²) in [5, 5.41) is 2.98. The van der Waals surface area contributed by atoms with Gasteiger partial charge in [-0.2, -0.15) is 0 Å². The molecular formula is C18H19ClN2OS. The summed E-state index contributed by atoms with van der Waals surface area (Å²) < 4.78 is 0.654. The number of halogens is 1. The molecule has 3 nitrogen and oxygen atoms in total. The number of fused-ring (bicyclic) bond motifs is 1. The van der Waals surface area contributed by atoms with Gasteiger partial charge in [-0.25, -0.2) is 0 Å². The van der Waals surface area contributed by atoms with Crippen molar-refractivity contribution in [2.75, 3.05) is 26.2 Å². The van der Waals surface area contributed by atoms with Crippen LogP contribution in [0.5, 0.6) is 0 Å². The van der Waals surface area contributed by atoms with E-state index in [0.29, 0.717) is 15.8 Å². The van der Waals surface area contributed by atoms with Crippen LogP contribution in [0.4, 0.5) is 0 Å². The lowest BCUT2D eigenvalue weighted by molar-refractivity contribution is 0.0953. The van der Waals surface area contributed by atoms with E-state index in [9.17, 15) is 4.79 Å². The largest absolute Gasteiger partial charge is 0.350 e. The first-order chi connectivity index (χ1) is 11.2. The molecule has 1 aliphatic heterocycles. The van der Waals surface area contributed by atoms with Crippen LogP contribution in [0, 0.1) is 11.8 Å². The number of thiophene rings is 1. The van der Waals surface area contributed by atoms with Gasteiger partial charge in [0.2, 0.25) is 0 Å². The van der Waals surface area contributed by atoms with E-state index in [1.54, 1.807) is 12.1 Å². The second-order valence-corrected chi connectivity index (χ2v) is 8.10. The highest BCUT2D eigenvalue weighted by atomic mass is 35.5. The fourth-order valence-electron chi connectivity index (χ4n) is 3.82. The molecule has 1 aromatic carbocycles. The molecule has 2 aliphatic rings. The minimum atomic E-state index is -0.0200. The minimum Gasteiger partial charge on any atom is -0.350 e. The van der Waals surface area contributed by atoms with Crippen LogP contribution in [0.2, 0.25) is 4.34 Å². The molecule has 1 aromatic heterocycles. The molecule has 2 heterocycles. The Morgan fingerprint density at radius 3 is 2.57 bits per heavy atom. The lowest BCUT2D eigenvalue weighted by Gasteiger charge is -2.19. The number of carbonyl (C=O) groups is 1. The lowest BCUT2D eigenvalue weighted by atomic mass is 10.1. The summed E-state index contributed by atoms with van der Waals surface area (Å²) in [6.07, 6.45) is 0. The van der Waals surface area contributed by atoms with Gasteiger partial charge in [0.1, 0.15) is 0 Å². The standard InChI is InChI=1S/C18H19ClN2OS/c19-16-7-6-15(23-16)18(22)20-8-9-21-10-13-14(11-21)17(13)12-4-2-1-3-5-12/h1-7,13-14,17H,8-11H2,(H,20,22). The SMILES string of the molecule is O=C(NCCN1CC2C(C1)C2c1ccccc1)c1ccc(Cl)s1. The molecule has 2 fully saturated rings. The highest BCUT2D eigenvalue weighted by Gasteiger charge is 2.55. The van der Waals surface area contributed by atoms with Crippen molar-refractivity contribution in [3.63, 3.8) is 0 Å². The zero-order valence-corrected chi connectivity index (χ0v) is 14.3. The molecular weight excluding hydrogens is 328 g/mol. The van der Waals surface area contributed by atoms with Crippen LogP contribution < -0.4 is 5.32 Å². The molecule has 0 spiro atoms. The Labute approximate surface area is 145 Å². The van der Waals surface area contributed by atoms with Crippen LogP contribution in [0.15, 0.2) is 42.5 Å². The Morgan fingerprint density at radius 1 is 1.17 bits per heavy atom. The van der Waals surface area contributed by atoms with Gasteiger partial charge in [0, 0.05) is 26.2 Å². The van der Waals surface area contributed by atoms with E-state index in [0.717, 1.165) is 37.4 Å². The van der Waals surface area contributed by atoms with Crippen molar-refractivity contribution in [1.82, 2.24) is 10.2 Å². The number of benzene rings is 1. The van der Waals surface area contributed by atoms with E-state index in [1.807, 2.05) is 0 Å². The van der Waals surface area contributed by atoms with Gasteiger partial charge in [-0.15, -0.1) is 11.3 Å². The van der Waals surface area contributed by atoms with Gasteiger partial charge in [-0.05, 0) is 35.4 Å². The number of hydrogen-bond acceptors (Lipinski definition) is 3. The third-order valence-electron chi connectivity index (χ3n) is 4.96. The summed E-state index contributed by atoms with van der Waals surface area (Å²) in [5.74, 6) is 2.36. The molecule has 2 aromatic rings. The molecule has 2 unspecified atom stereocenters. The Kier molecular flexibility index (Phi) is 4.14. The van der Waals surface area contributed by atoms with Crippen molar-refractivity contribution >= 4 is 28.8 Å². The molecule has 1 saturated heterocycles. The Hall–Kier alpha value is -1.36. The van der Waals surface area contributed by atoms with E-state index in [-0.39, 0.29) is 5.91 Å². The van der Waals surface area contributed by atoms with Gasteiger partial charge < -0.3 is 10.2 Å². The third kappa shape index (κ3) is 3.16.